The molecular weight excluding hydrogens is 685 g/mol. The lowest BCUT2D eigenvalue weighted by Gasteiger charge is -2.18. The zero-order valence-corrected chi connectivity index (χ0v) is 37.6. The van der Waals surface area contributed by atoms with Gasteiger partial charge in [0, 0.05) is 19.3 Å². The largest absolute Gasteiger partial charge is 0.462 e. The molecule has 6 heteroatoms. The normalized spacial score (nSPS) is 13.0. The molecule has 0 aromatic rings. The highest BCUT2D eigenvalue weighted by molar-refractivity contribution is 5.71. The minimum absolute atomic E-state index is 0.0650. The summed E-state index contributed by atoms with van der Waals surface area (Å²) < 4.78 is 16.7. The predicted octanol–water partition coefficient (Wildman–Crippen LogP) is 15.4. The second kappa shape index (κ2) is 42.0. The Morgan fingerprint density at radius 3 is 0.945 bits per heavy atom. The van der Waals surface area contributed by atoms with Gasteiger partial charge in [0.25, 0.3) is 0 Å². The summed E-state index contributed by atoms with van der Waals surface area (Å²) in [7, 11) is 0. The molecule has 3 atom stereocenters. The number of unbranched alkanes of at least 4 members (excludes halogenated alkanes) is 26. The zero-order chi connectivity index (χ0) is 40.5. The van der Waals surface area contributed by atoms with Crippen molar-refractivity contribution in [3.8, 4) is 0 Å². The molecule has 0 fully saturated rings. The molecule has 0 aliphatic rings. The Kier molecular flexibility index (Phi) is 40.8. The van der Waals surface area contributed by atoms with E-state index < -0.39 is 6.10 Å². The Balaban J connectivity index is 4.18. The van der Waals surface area contributed by atoms with Gasteiger partial charge < -0.3 is 14.2 Å². The summed E-state index contributed by atoms with van der Waals surface area (Å²) >= 11 is 0. The summed E-state index contributed by atoms with van der Waals surface area (Å²) in [5.41, 5.74) is 0. The van der Waals surface area contributed by atoms with Crippen LogP contribution in [-0.2, 0) is 28.6 Å². The molecule has 0 N–H and O–H groups in total. The van der Waals surface area contributed by atoms with Gasteiger partial charge in [-0.15, -0.1) is 0 Å². The van der Waals surface area contributed by atoms with Crippen LogP contribution < -0.4 is 0 Å². The molecule has 0 bridgehead atoms. The minimum Gasteiger partial charge on any atom is -0.462 e. The van der Waals surface area contributed by atoms with Gasteiger partial charge in [0.2, 0.25) is 0 Å². The smallest absolute Gasteiger partial charge is 0.306 e. The molecule has 0 aromatic carbocycles. The van der Waals surface area contributed by atoms with Crippen LogP contribution >= 0.6 is 0 Å². The van der Waals surface area contributed by atoms with Crippen molar-refractivity contribution in [1.29, 1.82) is 0 Å². The Morgan fingerprint density at radius 2 is 0.636 bits per heavy atom. The van der Waals surface area contributed by atoms with Crippen molar-refractivity contribution in [3.05, 3.63) is 0 Å². The van der Waals surface area contributed by atoms with Crippen LogP contribution in [0, 0.1) is 11.8 Å². The predicted molar refractivity (Wildman–Crippen MR) is 233 cm³/mol. The van der Waals surface area contributed by atoms with Gasteiger partial charge in [-0.25, -0.2) is 0 Å². The second-order valence-corrected chi connectivity index (χ2v) is 17.2. The van der Waals surface area contributed by atoms with E-state index in [2.05, 4.69) is 34.6 Å². The molecule has 326 valence electrons. The number of carbonyl (C=O) groups is 3. The Bertz CT molecular complexity index is 843. The number of ether oxygens (including phenoxy) is 3. The van der Waals surface area contributed by atoms with Crippen LogP contribution in [0.25, 0.3) is 0 Å². The second-order valence-electron chi connectivity index (χ2n) is 17.2. The van der Waals surface area contributed by atoms with Crippen molar-refractivity contribution in [2.24, 2.45) is 11.8 Å². The molecule has 0 spiro atoms. The van der Waals surface area contributed by atoms with Gasteiger partial charge in [-0.3, -0.25) is 14.4 Å². The Morgan fingerprint density at radius 1 is 0.364 bits per heavy atom. The summed E-state index contributed by atoms with van der Waals surface area (Å²) in [5, 5.41) is 0. The monoisotopic (exact) mass is 779 g/mol. The Hall–Kier alpha value is -1.59. The third-order valence-electron chi connectivity index (χ3n) is 11.7. The molecule has 0 aromatic heterocycles. The first kappa shape index (κ1) is 53.4. The summed E-state index contributed by atoms with van der Waals surface area (Å²) in [6.45, 7) is 11.4. The summed E-state index contributed by atoms with van der Waals surface area (Å²) in [5.74, 6) is 0.883. The number of hydrogen-bond acceptors (Lipinski definition) is 6. The van der Waals surface area contributed by atoms with E-state index in [0.29, 0.717) is 19.3 Å². The maximum Gasteiger partial charge on any atom is 0.306 e. The first-order chi connectivity index (χ1) is 26.8. The van der Waals surface area contributed by atoms with Gasteiger partial charge in [0.05, 0.1) is 0 Å². The van der Waals surface area contributed by atoms with Gasteiger partial charge in [-0.1, -0.05) is 227 Å². The van der Waals surface area contributed by atoms with Crippen LogP contribution in [0.4, 0.5) is 0 Å². The topological polar surface area (TPSA) is 78.9 Å². The Labute approximate surface area is 342 Å². The van der Waals surface area contributed by atoms with E-state index >= 15 is 0 Å². The standard InChI is InChI=1S/C49H94O6/c1-6-9-10-11-22-31-36-41-49(52)55-46(43-54-48(51)40-35-30-26-21-20-24-28-33-38-45(5)8-3)42-53-47(50)39-34-29-25-19-17-15-13-12-14-16-18-23-27-32-37-44(4)7-2/h44-46H,6-43H2,1-5H3/t44?,45?,46-/m1/s1. The molecule has 0 aliphatic heterocycles. The van der Waals surface area contributed by atoms with Crippen LogP contribution in [0.2, 0.25) is 0 Å². The molecule has 6 nitrogen and oxygen atoms in total. The van der Waals surface area contributed by atoms with Crippen molar-refractivity contribution in [1.82, 2.24) is 0 Å². The van der Waals surface area contributed by atoms with Crippen LogP contribution in [0.15, 0.2) is 0 Å². The third kappa shape index (κ3) is 40.4. The molecule has 0 aliphatic carbocycles. The third-order valence-corrected chi connectivity index (χ3v) is 11.7. The highest BCUT2D eigenvalue weighted by Crippen LogP contribution is 2.18. The first-order valence-electron chi connectivity index (χ1n) is 24.3. The number of esters is 3. The van der Waals surface area contributed by atoms with Crippen LogP contribution in [0.3, 0.4) is 0 Å². The summed E-state index contributed by atoms with van der Waals surface area (Å²) in [4.78, 5) is 37.7. The quantitative estimate of drug-likeness (QED) is 0.0348. The molecule has 0 heterocycles. The van der Waals surface area contributed by atoms with Crippen LogP contribution in [-0.4, -0.2) is 37.2 Å². The average Bonchev–Trinajstić information content (AvgIpc) is 3.18. The van der Waals surface area contributed by atoms with E-state index in [1.165, 1.54) is 154 Å². The fourth-order valence-corrected chi connectivity index (χ4v) is 7.22. The van der Waals surface area contributed by atoms with Gasteiger partial charge >= 0.3 is 17.9 Å². The van der Waals surface area contributed by atoms with E-state index in [9.17, 15) is 14.4 Å². The molecule has 0 saturated carbocycles. The number of rotatable bonds is 43. The van der Waals surface area contributed by atoms with Gasteiger partial charge in [-0.2, -0.15) is 0 Å². The molecule has 0 saturated heterocycles. The van der Waals surface area contributed by atoms with Crippen molar-refractivity contribution in [2.75, 3.05) is 13.2 Å². The fourth-order valence-electron chi connectivity index (χ4n) is 7.22. The molecule has 0 amide bonds. The summed E-state index contributed by atoms with van der Waals surface area (Å²) in [6, 6.07) is 0. The SMILES string of the molecule is CCCCCCCCCC(=O)O[C@H](COC(=O)CCCCCCCCCCCCCCCCC(C)CC)COC(=O)CCCCCCCCCCC(C)CC. The number of carbonyl (C=O) groups excluding carboxylic acids is 3. The van der Waals surface area contributed by atoms with E-state index in [1.54, 1.807) is 0 Å². The van der Waals surface area contributed by atoms with Crippen molar-refractivity contribution >= 4 is 17.9 Å². The van der Waals surface area contributed by atoms with E-state index in [0.717, 1.165) is 69.6 Å². The molecule has 2 unspecified atom stereocenters. The maximum absolute atomic E-state index is 12.6. The van der Waals surface area contributed by atoms with Gasteiger partial charge in [0.15, 0.2) is 6.10 Å². The van der Waals surface area contributed by atoms with Crippen molar-refractivity contribution in [2.45, 2.75) is 272 Å². The lowest BCUT2D eigenvalue weighted by atomic mass is 9.99. The van der Waals surface area contributed by atoms with Crippen LogP contribution in [0.5, 0.6) is 0 Å². The highest BCUT2D eigenvalue weighted by atomic mass is 16.6. The molecule has 0 rings (SSSR count). The maximum atomic E-state index is 12.6. The lowest BCUT2D eigenvalue weighted by molar-refractivity contribution is -0.167. The van der Waals surface area contributed by atoms with Crippen LogP contribution in [0.1, 0.15) is 266 Å². The first-order valence-corrected chi connectivity index (χ1v) is 24.3. The average molecular weight is 779 g/mol. The van der Waals surface area contributed by atoms with E-state index in [4.69, 9.17) is 14.2 Å². The summed E-state index contributed by atoms with van der Waals surface area (Å²) in [6.07, 6.45) is 40.9. The van der Waals surface area contributed by atoms with Gasteiger partial charge in [0.1, 0.15) is 13.2 Å². The lowest BCUT2D eigenvalue weighted by Crippen LogP contribution is -2.30. The highest BCUT2D eigenvalue weighted by Gasteiger charge is 2.19. The number of hydrogen-bond donors (Lipinski definition) is 0. The molecular formula is C49H94O6. The van der Waals surface area contributed by atoms with Crippen molar-refractivity contribution < 1.29 is 28.6 Å². The van der Waals surface area contributed by atoms with E-state index in [-0.39, 0.29) is 31.1 Å². The molecule has 0 radical (unpaired) electrons. The van der Waals surface area contributed by atoms with Gasteiger partial charge in [-0.05, 0) is 31.1 Å². The minimum atomic E-state index is -0.760. The zero-order valence-electron chi connectivity index (χ0n) is 37.6. The van der Waals surface area contributed by atoms with E-state index in [1.807, 2.05) is 0 Å². The van der Waals surface area contributed by atoms with Crippen molar-refractivity contribution in [3.63, 3.8) is 0 Å². The fraction of sp³-hybridized carbons (Fsp3) is 0.939. The molecule has 55 heavy (non-hydrogen) atoms.